The molecule has 1 aliphatic heterocycles. The summed E-state index contributed by atoms with van der Waals surface area (Å²) in [4.78, 5) is 16.1. The Hall–Kier alpha value is -1.55. The van der Waals surface area contributed by atoms with Crippen LogP contribution >= 0.6 is 0 Å². The minimum absolute atomic E-state index is 0.0443. The minimum Gasteiger partial charge on any atom is -0.497 e. The van der Waals surface area contributed by atoms with Crippen molar-refractivity contribution in [1.82, 2.24) is 9.80 Å². The summed E-state index contributed by atoms with van der Waals surface area (Å²) in [7, 11) is 5.54. The lowest BCUT2D eigenvalue weighted by atomic mass is 10.0. The molecule has 0 spiro atoms. The zero-order valence-corrected chi connectivity index (χ0v) is 11.2. The van der Waals surface area contributed by atoms with Crippen molar-refractivity contribution in [3.8, 4) is 5.75 Å². The van der Waals surface area contributed by atoms with Gasteiger partial charge in [0.15, 0.2) is 0 Å². The zero-order valence-electron chi connectivity index (χ0n) is 11.2. The highest BCUT2D eigenvalue weighted by Crippen LogP contribution is 2.17. The molecule has 4 heteroatoms. The third-order valence-corrected chi connectivity index (χ3v) is 3.57. The Bertz CT molecular complexity index is 416. The van der Waals surface area contributed by atoms with Gasteiger partial charge in [-0.25, -0.2) is 0 Å². The Morgan fingerprint density at radius 3 is 2.50 bits per heavy atom. The summed E-state index contributed by atoms with van der Waals surface area (Å²) in [5, 5.41) is 0. The fourth-order valence-electron chi connectivity index (χ4n) is 2.24. The zero-order chi connectivity index (χ0) is 13.1. The number of carbonyl (C=O) groups excluding carboxylic acids is 1. The summed E-state index contributed by atoms with van der Waals surface area (Å²) in [6, 6.07) is 7.87. The van der Waals surface area contributed by atoms with E-state index >= 15 is 0 Å². The number of hydrogen-bond acceptors (Lipinski definition) is 3. The van der Waals surface area contributed by atoms with Gasteiger partial charge >= 0.3 is 0 Å². The molecule has 1 saturated heterocycles. The molecule has 18 heavy (non-hydrogen) atoms. The second-order valence-electron chi connectivity index (χ2n) is 4.81. The van der Waals surface area contributed by atoms with Gasteiger partial charge in [-0.3, -0.25) is 9.69 Å². The van der Waals surface area contributed by atoms with E-state index in [1.807, 2.05) is 43.3 Å². The second kappa shape index (κ2) is 5.40. The lowest BCUT2D eigenvalue weighted by Crippen LogP contribution is -2.54. The van der Waals surface area contributed by atoms with Gasteiger partial charge in [-0.15, -0.1) is 0 Å². The summed E-state index contributed by atoms with van der Waals surface area (Å²) >= 11 is 0. The predicted octanol–water partition coefficient (Wildman–Crippen LogP) is 1.01. The van der Waals surface area contributed by atoms with Crippen LogP contribution in [0, 0.1) is 0 Å². The quantitative estimate of drug-likeness (QED) is 0.800. The maximum atomic E-state index is 12.1. The number of carbonyl (C=O) groups is 1. The van der Waals surface area contributed by atoms with Crippen LogP contribution < -0.4 is 4.74 Å². The Labute approximate surface area is 108 Å². The van der Waals surface area contributed by atoms with Crippen LogP contribution in [0.1, 0.15) is 5.56 Å². The van der Waals surface area contributed by atoms with Crippen molar-refractivity contribution in [2.45, 2.75) is 12.5 Å². The van der Waals surface area contributed by atoms with E-state index in [9.17, 15) is 4.79 Å². The van der Waals surface area contributed by atoms with Crippen molar-refractivity contribution < 1.29 is 9.53 Å². The molecular formula is C14H20N2O2. The standard InChI is InChI=1S/C14H20N2O2/c1-15-8-9-16(2)14(17)13(15)10-11-4-6-12(18-3)7-5-11/h4-7,13H,8-10H2,1-3H3. The molecule has 0 aromatic heterocycles. The van der Waals surface area contributed by atoms with Gasteiger partial charge in [0, 0.05) is 20.1 Å². The molecule has 0 N–H and O–H groups in total. The van der Waals surface area contributed by atoms with Gasteiger partial charge in [-0.1, -0.05) is 12.1 Å². The van der Waals surface area contributed by atoms with E-state index in [0.29, 0.717) is 0 Å². The molecule has 0 bridgehead atoms. The van der Waals surface area contributed by atoms with Crippen molar-refractivity contribution in [2.75, 3.05) is 34.3 Å². The largest absolute Gasteiger partial charge is 0.497 e. The average molecular weight is 248 g/mol. The fraction of sp³-hybridized carbons (Fsp3) is 0.500. The smallest absolute Gasteiger partial charge is 0.240 e. The van der Waals surface area contributed by atoms with Crippen molar-refractivity contribution in [2.24, 2.45) is 0 Å². The van der Waals surface area contributed by atoms with Crippen molar-refractivity contribution in [3.05, 3.63) is 29.8 Å². The second-order valence-corrected chi connectivity index (χ2v) is 4.81. The van der Waals surface area contributed by atoms with E-state index in [4.69, 9.17) is 4.74 Å². The normalized spacial score (nSPS) is 21.2. The Kier molecular flexibility index (Phi) is 3.87. The number of hydrogen-bond donors (Lipinski definition) is 0. The van der Waals surface area contributed by atoms with Gasteiger partial charge in [-0.2, -0.15) is 0 Å². The molecule has 4 nitrogen and oxygen atoms in total. The van der Waals surface area contributed by atoms with Gasteiger partial charge in [0.1, 0.15) is 5.75 Å². The number of amides is 1. The van der Waals surface area contributed by atoms with E-state index in [0.717, 1.165) is 30.8 Å². The van der Waals surface area contributed by atoms with Gasteiger partial charge < -0.3 is 9.64 Å². The van der Waals surface area contributed by atoms with Crippen LogP contribution in [-0.2, 0) is 11.2 Å². The summed E-state index contributed by atoms with van der Waals surface area (Å²) in [5.74, 6) is 1.05. The number of rotatable bonds is 3. The molecular weight excluding hydrogens is 228 g/mol. The molecule has 1 aromatic carbocycles. The molecule has 0 saturated carbocycles. The van der Waals surface area contributed by atoms with Gasteiger partial charge in [0.05, 0.1) is 13.2 Å². The van der Waals surface area contributed by atoms with Crippen LogP contribution in [0.15, 0.2) is 24.3 Å². The number of methoxy groups -OCH3 is 1. The van der Waals surface area contributed by atoms with Gasteiger partial charge in [0.25, 0.3) is 0 Å². The maximum Gasteiger partial charge on any atom is 0.240 e. The minimum atomic E-state index is -0.0443. The maximum absolute atomic E-state index is 12.1. The Morgan fingerprint density at radius 1 is 1.22 bits per heavy atom. The van der Waals surface area contributed by atoms with E-state index in [1.165, 1.54) is 0 Å². The fourth-order valence-corrected chi connectivity index (χ4v) is 2.24. The van der Waals surface area contributed by atoms with E-state index in [1.54, 1.807) is 7.11 Å². The molecule has 1 aliphatic rings. The number of benzene rings is 1. The molecule has 0 radical (unpaired) electrons. The summed E-state index contributed by atoms with van der Waals surface area (Å²) < 4.78 is 5.13. The van der Waals surface area contributed by atoms with Gasteiger partial charge in [-0.05, 0) is 31.2 Å². The van der Waals surface area contributed by atoms with Crippen LogP contribution in [0.5, 0.6) is 5.75 Å². The highest BCUT2D eigenvalue weighted by Gasteiger charge is 2.30. The highest BCUT2D eigenvalue weighted by molar-refractivity contribution is 5.82. The number of nitrogens with zero attached hydrogens (tertiary/aromatic N) is 2. The first-order valence-electron chi connectivity index (χ1n) is 6.20. The first kappa shape index (κ1) is 12.9. The summed E-state index contributed by atoms with van der Waals surface area (Å²) in [6.45, 7) is 1.75. The molecule has 1 heterocycles. The van der Waals surface area contributed by atoms with E-state index in [-0.39, 0.29) is 11.9 Å². The molecule has 1 aromatic rings. The van der Waals surface area contributed by atoms with Crippen LogP contribution in [0.4, 0.5) is 0 Å². The molecule has 1 unspecified atom stereocenters. The third-order valence-electron chi connectivity index (χ3n) is 3.57. The van der Waals surface area contributed by atoms with E-state index < -0.39 is 0 Å². The number of likely N-dealkylation sites (N-methyl/N-ethyl adjacent to an activating group) is 2. The molecule has 98 valence electrons. The van der Waals surface area contributed by atoms with Crippen LogP contribution in [0.2, 0.25) is 0 Å². The van der Waals surface area contributed by atoms with Crippen LogP contribution in [0.25, 0.3) is 0 Å². The predicted molar refractivity (Wildman–Crippen MR) is 70.8 cm³/mol. The highest BCUT2D eigenvalue weighted by atomic mass is 16.5. The van der Waals surface area contributed by atoms with Crippen molar-refractivity contribution in [3.63, 3.8) is 0 Å². The Balaban J connectivity index is 2.08. The molecule has 2 rings (SSSR count). The first-order chi connectivity index (χ1) is 8.61. The first-order valence-corrected chi connectivity index (χ1v) is 6.20. The third kappa shape index (κ3) is 2.64. The number of piperazine rings is 1. The molecule has 1 amide bonds. The van der Waals surface area contributed by atoms with Crippen molar-refractivity contribution in [1.29, 1.82) is 0 Å². The average Bonchev–Trinajstić information content (AvgIpc) is 2.40. The molecule has 1 atom stereocenters. The monoisotopic (exact) mass is 248 g/mol. The Morgan fingerprint density at radius 2 is 1.89 bits per heavy atom. The van der Waals surface area contributed by atoms with Crippen molar-refractivity contribution >= 4 is 5.91 Å². The molecule has 0 aliphatic carbocycles. The lowest BCUT2D eigenvalue weighted by molar-refractivity contribution is -0.139. The lowest BCUT2D eigenvalue weighted by Gasteiger charge is -2.36. The SMILES string of the molecule is COc1ccc(CC2C(=O)N(C)CCN2C)cc1. The van der Waals surface area contributed by atoms with Gasteiger partial charge in [0.2, 0.25) is 5.91 Å². The number of ether oxygens (including phenoxy) is 1. The molecule has 1 fully saturated rings. The topological polar surface area (TPSA) is 32.8 Å². The van der Waals surface area contributed by atoms with E-state index in [2.05, 4.69) is 4.90 Å². The van der Waals surface area contributed by atoms with Crippen LogP contribution in [0.3, 0.4) is 0 Å². The van der Waals surface area contributed by atoms with Crippen LogP contribution in [-0.4, -0.2) is 56.0 Å². The summed E-state index contributed by atoms with van der Waals surface area (Å²) in [5.41, 5.74) is 1.16. The summed E-state index contributed by atoms with van der Waals surface area (Å²) in [6.07, 6.45) is 0.754.